The first-order valence-electron chi connectivity index (χ1n) is 9.61. The third-order valence-electron chi connectivity index (χ3n) is 4.51. The lowest BCUT2D eigenvalue weighted by Gasteiger charge is -2.17. The van der Waals surface area contributed by atoms with Crippen molar-refractivity contribution in [1.82, 2.24) is 10.3 Å². The smallest absolute Gasteiger partial charge is 0.249 e. The summed E-state index contributed by atoms with van der Waals surface area (Å²) in [5.74, 6) is 0.0628. The third kappa shape index (κ3) is 6.39. The zero-order valence-electron chi connectivity index (χ0n) is 17.2. The van der Waals surface area contributed by atoms with E-state index in [4.69, 9.17) is 10.00 Å². The first-order valence-corrected chi connectivity index (χ1v) is 10.4. The van der Waals surface area contributed by atoms with Crippen LogP contribution in [0.1, 0.15) is 28.5 Å². The molecule has 2 amide bonds. The maximum atomic E-state index is 12.8. The molecule has 0 aliphatic rings. The van der Waals surface area contributed by atoms with E-state index in [-0.39, 0.29) is 11.8 Å². The van der Waals surface area contributed by atoms with Crippen molar-refractivity contribution < 1.29 is 14.3 Å². The van der Waals surface area contributed by atoms with E-state index in [1.165, 1.54) is 18.3 Å². The summed E-state index contributed by atoms with van der Waals surface area (Å²) in [5, 5.41) is 14.9. The highest BCUT2D eigenvalue weighted by Gasteiger charge is 2.21. The van der Waals surface area contributed by atoms with Crippen LogP contribution >= 0.6 is 11.3 Å². The molecule has 3 rings (SSSR count). The van der Waals surface area contributed by atoms with E-state index in [0.717, 1.165) is 16.0 Å². The molecule has 0 spiro atoms. The Hall–Kier alpha value is -3.70. The zero-order valence-corrected chi connectivity index (χ0v) is 18.0. The van der Waals surface area contributed by atoms with E-state index in [2.05, 4.69) is 21.7 Å². The van der Waals surface area contributed by atoms with Crippen LogP contribution < -0.4 is 15.4 Å². The van der Waals surface area contributed by atoms with Gasteiger partial charge in [0, 0.05) is 30.8 Å². The lowest BCUT2D eigenvalue weighted by molar-refractivity contribution is -0.125. The van der Waals surface area contributed by atoms with Gasteiger partial charge in [0.15, 0.2) is 5.13 Å². The molecular weight excluding hydrogens is 412 g/mol. The second-order valence-corrected chi connectivity index (χ2v) is 8.03. The van der Waals surface area contributed by atoms with Crippen LogP contribution in [-0.4, -0.2) is 29.9 Å². The van der Waals surface area contributed by atoms with Crippen molar-refractivity contribution in [3.8, 4) is 11.8 Å². The van der Waals surface area contributed by atoms with Crippen LogP contribution in [0.15, 0.2) is 54.7 Å². The zero-order chi connectivity index (χ0) is 22.2. The Morgan fingerprint density at radius 1 is 1.19 bits per heavy atom. The molecule has 0 bridgehead atoms. The van der Waals surface area contributed by atoms with Crippen LogP contribution in [0, 0.1) is 11.3 Å². The molecule has 0 fully saturated rings. The number of benzene rings is 2. The molecule has 1 atom stereocenters. The number of nitrogens with zero attached hydrogens (tertiary/aromatic N) is 2. The number of nitrogens with one attached hydrogen (secondary N) is 2. The van der Waals surface area contributed by atoms with Crippen LogP contribution in [-0.2, 0) is 22.4 Å². The number of rotatable bonds is 8. The third-order valence-corrected chi connectivity index (χ3v) is 5.43. The number of carbonyl (C=O) groups excluding carboxylic acids is 2. The van der Waals surface area contributed by atoms with E-state index in [9.17, 15) is 9.59 Å². The van der Waals surface area contributed by atoms with Gasteiger partial charge in [-0.2, -0.15) is 5.26 Å². The molecule has 1 unspecified atom stereocenters. The van der Waals surface area contributed by atoms with Gasteiger partial charge in [0.25, 0.3) is 0 Å². The van der Waals surface area contributed by atoms with Gasteiger partial charge in [-0.15, -0.1) is 11.3 Å². The number of hydrogen-bond acceptors (Lipinski definition) is 6. The lowest BCUT2D eigenvalue weighted by atomic mass is 10.0. The Morgan fingerprint density at radius 3 is 2.65 bits per heavy atom. The summed E-state index contributed by atoms with van der Waals surface area (Å²) in [4.78, 5) is 29.7. The Morgan fingerprint density at radius 2 is 1.97 bits per heavy atom. The van der Waals surface area contributed by atoms with Gasteiger partial charge in [0.05, 0.1) is 18.7 Å². The second kappa shape index (κ2) is 10.4. The molecular formula is C23H22N4O3S. The molecule has 7 nitrogen and oxygen atoms in total. The van der Waals surface area contributed by atoms with Gasteiger partial charge in [0.2, 0.25) is 11.8 Å². The average molecular weight is 435 g/mol. The molecule has 0 saturated heterocycles. The standard InChI is InChI=1S/C23H22N4O3S/c1-15(28)26-21(12-18-4-3-5-19(10-18)30-2)22(29)27-23-25-14-20(31-23)11-16-6-8-17(13-24)9-7-16/h3-10,14,21H,11-12H2,1-2H3,(H,26,28)(H,25,27,29). The topological polar surface area (TPSA) is 104 Å². The maximum absolute atomic E-state index is 12.8. The van der Waals surface area contributed by atoms with Gasteiger partial charge in [-0.25, -0.2) is 4.98 Å². The predicted octanol–water partition coefficient (Wildman–Crippen LogP) is 3.30. The van der Waals surface area contributed by atoms with E-state index in [1.54, 1.807) is 25.4 Å². The van der Waals surface area contributed by atoms with Crippen molar-refractivity contribution in [1.29, 1.82) is 5.26 Å². The quantitative estimate of drug-likeness (QED) is 0.566. The Labute approximate surface area is 184 Å². The largest absolute Gasteiger partial charge is 0.497 e. The number of ether oxygens (including phenoxy) is 1. The van der Waals surface area contributed by atoms with Crippen LogP contribution in [0.5, 0.6) is 5.75 Å². The SMILES string of the molecule is COc1cccc(CC(NC(C)=O)C(=O)Nc2ncc(Cc3ccc(C#N)cc3)s2)c1. The first-order chi connectivity index (χ1) is 15.0. The molecule has 1 aromatic heterocycles. The van der Waals surface area contributed by atoms with Crippen LogP contribution in [0.2, 0.25) is 0 Å². The monoisotopic (exact) mass is 434 g/mol. The minimum Gasteiger partial charge on any atom is -0.497 e. The first kappa shape index (κ1) is 22.0. The molecule has 0 aliphatic carbocycles. The fraction of sp³-hybridized carbons (Fsp3) is 0.217. The Balaban J connectivity index is 1.66. The fourth-order valence-electron chi connectivity index (χ4n) is 3.03. The van der Waals surface area contributed by atoms with Crippen molar-refractivity contribution in [2.45, 2.75) is 25.8 Å². The number of methoxy groups -OCH3 is 1. The van der Waals surface area contributed by atoms with Crippen molar-refractivity contribution in [2.75, 3.05) is 12.4 Å². The Bertz CT molecular complexity index is 1100. The van der Waals surface area contributed by atoms with E-state index in [0.29, 0.717) is 29.3 Å². The van der Waals surface area contributed by atoms with E-state index >= 15 is 0 Å². The van der Waals surface area contributed by atoms with Gasteiger partial charge in [-0.05, 0) is 35.4 Å². The van der Waals surface area contributed by atoms with Gasteiger partial charge in [0.1, 0.15) is 11.8 Å². The van der Waals surface area contributed by atoms with Crippen molar-refractivity contribution in [2.24, 2.45) is 0 Å². The van der Waals surface area contributed by atoms with Crippen LogP contribution in [0.3, 0.4) is 0 Å². The molecule has 0 aliphatic heterocycles. The number of aromatic nitrogens is 1. The second-order valence-electron chi connectivity index (χ2n) is 6.92. The molecule has 0 radical (unpaired) electrons. The molecule has 1 heterocycles. The highest BCUT2D eigenvalue weighted by atomic mass is 32.1. The molecule has 0 saturated carbocycles. The molecule has 158 valence electrons. The summed E-state index contributed by atoms with van der Waals surface area (Å²) in [6, 6.07) is 16.1. The minimum absolute atomic E-state index is 0.288. The number of amides is 2. The highest BCUT2D eigenvalue weighted by Crippen LogP contribution is 2.22. The lowest BCUT2D eigenvalue weighted by Crippen LogP contribution is -2.44. The number of nitriles is 1. The number of anilines is 1. The summed E-state index contributed by atoms with van der Waals surface area (Å²) in [6.07, 6.45) is 2.69. The van der Waals surface area contributed by atoms with Crippen molar-refractivity contribution in [3.63, 3.8) is 0 Å². The summed E-state index contributed by atoms with van der Waals surface area (Å²) in [7, 11) is 1.58. The fourth-order valence-corrected chi connectivity index (χ4v) is 3.88. The van der Waals surface area contributed by atoms with Crippen molar-refractivity contribution in [3.05, 3.63) is 76.3 Å². The van der Waals surface area contributed by atoms with Gasteiger partial charge in [-0.3, -0.25) is 9.59 Å². The van der Waals surface area contributed by atoms with Crippen LogP contribution in [0.4, 0.5) is 5.13 Å². The average Bonchev–Trinajstić information content (AvgIpc) is 3.20. The predicted molar refractivity (Wildman–Crippen MR) is 119 cm³/mol. The minimum atomic E-state index is -0.740. The summed E-state index contributed by atoms with van der Waals surface area (Å²) < 4.78 is 5.23. The molecule has 8 heteroatoms. The number of hydrogen-bond donors (Lipinski definition) is 2. The van der Waals surface area contributed by atoms with Crippen molar-refractivity contribution >= 4 is 28.3 Å². The van der Waals surface area contributed by atoms with Gasteiger partial charge >= 0.3 is 0 Å². The molecule has 2 aromatic carbocycles. The highest BCUT2D eigenvalue weighted by molar-refractivity contribution is 7.15. The van der Waals surface area contributed by atoms with E-state index < -0.39 is 6.04 Å². The number of thiazole rings is 1. The van der Waals surface area contributed by atoms with Gasteiger partial charge < -0.3 is 15.4 Å². The summed E-state index contributed by atoms with van der Waals surface area (Å²) in [5.41, 5.74) is 2.53. The number of carbonyl (C=O) groups is 2. The van der Waals surface area contributed by atoms with Crippen LogP contribution in [0.25, 0.3) is 0 Å². The molecule has 31 heavy (non-hydrogen) atoms. The Kier molecular flexibility index (Phi) is 7.35. The van der Waals surface area contributed by atoms with E-state index in [1.807, 2.05) is 36.4 Å². The maximum Gasteiger partial charge on any atom is 0.249 e. The molecule has 2 N–H and O–H groups in total. The molecule has 3 aromatic rings. The normalized spacial score (nSPS) is 11.3. The summed E-state index contributed by atoms with van der Waals surface area (Å²) in [6.45, 7) is 1.38. The summed E-state index contributed by atoms with van der Waals surface area (Å²) >= 11 is 1.37. The van der Waals surface area contributed by atoms with Gasteiger partial charge in [-0.1, -0.05) is 24.3 Å².